The summed E-state index contributed by atoms with van der Waals surface area (Å²) in [5.41, 5.74) is 0.851. The predicted molar refractivity (Wildman–Crippen MR) is 117 cm³/mol. The molecule has 0 saturated carbocycles. The van der Waals surface area contributed by atoms with Crippen LogP contribution in [0.15, 0.2) is 24.3 Å². The van der Waals surface area contributed by atoms with Crippen LogP contribution in [0.4, 0.5) is 0 Å². The van der Waals surface area contributed by atoms with Crippen LogP contribution in [-0.4, -0.2) is 113 Å². The zero-order valence-corrected chi connectivity index (χ0v) is 18.5. The Morgan fingerprint density at radius 3 is 1.85 bits per heavy atom. The van der Waals surface area contributed by atoms with Gasteiger partial charge in [-0.25, -0.2) is 0 Å². The van der Waals surface area contributed by atoms with Gasteiger partial charge < -0.3 is 30.5 Å². The minimum Gasteiger partial charge on any atom is -0.494 e. The molecule has 12 heteroatoms. The van der Waals surface area contributed by atoms with E-state index in [2.05, 4.69) is 5.32 Å². The highest BCUT2D eigenvalue weighted by atomic mass is 16.5. The molecule has 0 fully saturated rings. The van der Waals surface area contributed by atoms with Gasteiger partial charge in [0.2, 0.25) is 0 Å². The van der Waals surface area contributed by atoms with E-state index < -0.39 is 56.1 Å². The second-order valence-corrected chi connectivity index (χ2v) is 7.33. The van der Waals surface area contributed by atoms with Gasteiger partial charge >= 0.3 is 23.9 Å². The van der Waals surface area contributed by atoms with Crippen LogP contribution in [0, 0.1) is 0 Å². The highest BCUT2D eigenvalue weighted by Gasteiger charge is 2.24. The number of hydrogen-bond acceptors (Lipinski definition) is 8. The Labute approximate surface area is 191 Å². The number of ether oxygens (including phenoxy) is 1. The summed E-state index contributed by atoms with van der Waals surface area (Å²) in [5.74, 6) is -3.96. The van der Waals surface area contributed by atoms with Crippen LogP contribution in [0.25, 0.3) is 0 Å². The standard InChI is InChI=1S/C21H31N3O9/c1-2-33-17-5-3-15(4-6-17)9-16(24(13-20(29)30)14-21(31)32)10-22-7-8-23(11-18(25)26)12-19(27)28/h3-6,16,22H,2,7-14H2,1H3,(H,25,26)(H,27,28)(H,29,30)(H,31,32)/t16-/m0/s1. The van der Waals surface area contributed by atoms with Gasteiger partial charge in [-0.2, -0.15) is 0 Å². The molecule has 0 unspecified atom stereocenters. The summed E-state index contributed by atoms with van der Waals surface area (Å²) < 4.78 is 5.41. The molecule has 1 aromatic carbocycles. The topological polar surface area (TPSA) is 177 Å². The summed E-state index contributed by atoms with van der Waals surface area (Å²) in [7, 11) is 0. The van der Waals surface area contributed by atoms with E-state index in [4.69, 9.17) is 14.9 Å². The zero-order valence-electron chi connectivity index (χ0n) is 18.5. The van der Waals surface area contributed by atoms with E-state index in [1.165, 1.54) is 9.80 Å². The van der Waals surface area contributed by atoms with Gasteiger partial charge in [0, 0.05) is 25.7 Å². The van der Waals surface area contributed by atoms with Gasteiger partial charge in [-0.3, -0.25) is 29.0 Å². The van der Waals surface area contributed by atoms with Crippen molar-refractivity contribution in [1.29, 1.82) is 0 Å². The van der Waals surface area contributed by atoms with Gasteiger partial charge in [0.05, 0.1) is 32.8 Å². The van der Waals surface area contributed by atoms with Crippen molar-refractivity contribution in [3.63, 3.8) is 0 Å². The van der Waals surface area contributed by atoms with Crippen LogP contribution >= 0.6 is 0 Å². The van der Waals surface area contributed by atoms with Crippen molar-refractivity contribution in [3.05, 3.63) is 29.8 Å². The highest BCUT2D eigenvalue weighted by molar-refractivity contribution is 5.73. The van der Waals surface area contributed by atoms with Gasteiger partial charge in [-0.1, -0.05) is 12.1 Å². The van der Waals surface area contributed by atoms with Gasteiger partial charge in [0.1, 0.15) is 5.75 Å². The molecule has 5 N–H and O–H groups in total. The fourth-order valence-electron chi connectivity index (χ4n) is 3.25. The zero-order chi connectivity index (χ0) is 24.8. The van der Waals surface area contributed by atoms with Crippen LogP contribution in [0.3, 0.4) is 0 Å². The van der Waals surface area contributed by atoms with E-state index in [1.807, 2.05) is 19.1 Å². The third-order valence-electron chi connectivity index (χ3n) is 4.60. The quantitative estimate of drug-likeness (QED) is 0.175. The van der Waals surface area contributed by atoms with Gasteiger partial charge in [-0.05, 0) is 31.0 Å². The molecule has 1 rings (SSSR count). The third-order valence-corrected chi connectivity index (χ3v) is 4.60. The molecular formula is C21H31N3O9. The number of carboxylic acids is 4. The second-order valence-electron chi connectivity index (χ2n) is 7.33. The first-order chi connectivity index (χ1) is 15.6. The first kappa shape index (κ1) is 27.8. The molecule has 33 heavy (non-hydrogen) atoms. The first-order valence-electron chi connectivity index (χ1n) is 10.4. The lowest BCUT2D eigenvalue weighted by Gasteiger charge is -2.30. The van der Waals surface area contributed by atoms with Crippen molar-refractivity contribution in [3.8, 4) is 5.75 Å². The molecular weight excluding hydrogens is 438 g/mol. The van der Waals surface area contributed by atoms with E-state index in [0.29, 0.717) is 18.8 Å². The molecule has 0 aliphatic carbocycles. The van der Waals surface area contributed by atoms with Gasteiger partial charge in [0.15, 0.2) is 0 Å². The number of rotatable bonds is 18. The molecule has 0 spiro atoms. The van der Waals surface area contributed by atoms with Crippen LogP contribution in [0.2, 0.25) is 0 Å². The number of nitrogens with one attached hydrogen (secondary N) is 1. The Balaban J connectivity index is 2.87. The number of carbonyl (C=O) groups is 4. The lowest BCUT2D eigenvalue weighted by molar-refractivity contribution is -0.144. The molecule has 0 aliphatic rings. The number of carboxylic acid groups (broad SMARTS) is 4. The summed E-state index contributed by atoms with van der Waals surface area (Å²) in [4.78, 5) is 47.0. The van der Waals surface area contributed by atoms with Crippen molar-refractivity contribution >= 4 is 23.9 Å². The Morgan fingerprint density at radius 1 is 0.879 bits per heavy atom. The van der Waals surface area contributed by atoms with Crippen molar-refractivity contribution in [2.75, 3.05) is 52.4 Å². The van der Waals surface area contributed by atoms with E-state index in [0.717, 1.165) is 5.56 Å². The molecule has 184 valence electrons. The van der Waals surface area contributed by atoms with Crippen molar-refractivity contribution in [1.82, 2.24) is 15.1 Å². The van der Waals surface area contributed by atoms with Gasteiger partial charge in [-0.15, -0.1) is 0 Å². The Morgan fingerprint density at radius 2 is 1.39 bits per heavy atom. The third kappa shape index (κ3) is 12.4. The molecule has 0 bridgehead atoms. The lowest BCUT2D eigenvalue weighted by Crippen LogP contribution is -2.49. The average Bonchev–Trinajstić information content (AvgIpc) is 2.69. The maximum Gasteiger partial charge on any atom is 0.317 e. The Hall–Kier alpha value is -3.22. The fourth-order valence-corrected chi connectivity index (χ4v) is 3.25. The van der Waals surface area contributed by atoms with Crippen LogP contribution in [0.1, 0.15) is 12.5 Å². The summed E-state index contributed by atoms with van der Waals surface area (Å²) in [6.45, 7) is 1.13. The van der Waals surface area contributed by atoms with Crippen molar-refractivity contribution in [2.45, 2.75) is 19.4 Å². The summed E-state index contributed by atoms with van der Waals surface area (Å²) >= 11 is 0. The predicted octanol–water partition coefficient (Wildman–Crippen LogP) is -0.472. The molecule has 0 aromatic heterocycles. The summed E-state index contributed by atoms with van der Waals surface area (Å²) in [5, 5.41) is 39.4. The van der Waals surface area contributed by atoms with Crippen molar-refractivity contribution < 1.29 is 44.3 Å². The number of nitrogens with zero attached hydrogens (tertiary/aromatic N) is 2. The van der Waals surface area contributed by atoms with E-state index in [-0.39, 0.29) is 19.6 Å². The lowest BCUT2D eigenvalue weighted by atomic mass is 10.0. The van der Waals surface area contributed by atoms with Crippen LogP contribution < -0.4 is 10.1 Å². The first-order valence-corrected chi connectivity index (χ1v) is 10.4. The van der Waals surface area contributed by atoms with Crippen molar-refractivity contribution in [2.24, 2.45) is 0 Å². The SMILES string of the molecule is CCOc1ccc(C[C@@H](CNCCN(CC(=O)O)CC(=O)O)N(CC(=O)O)CC(=O)O)cc1. The Bertz CT molecular complexity index is 754. The average molecular weight is 469 g/mol. The molecule has 1 atom stereocenters. The van der Waals surface area contributed by atoms with Gasteiger partial charge in [0.25, 0.3) is 0 Å². The molecule has 12 nitrogen and oxygen atoms in total. The molecule has 0 radical (unpaired) electrons. The summed E-state index contributed by atoms with van der Waals surface area (Å²) in [6.07, 6.45) is 0.355. The van der Waals surface area contributed by atoms with Crippen LogP contribution in [0.5, 0.6) is 5.75 Å². The normalized spacial score (nSPS) is 12.0. The maximum absolute atomic E-state index is 11.3. The number of aliphatic carboxylic acids is 4. The molecule has 1 aromatic rings. The monoisotopic (exact) mass is 469 g/mol. The minimum atomic E-state index is -1.16. The van der Waals surface area contributed by atoms with Crippen LogP contribution in [-0.2, 0) is 25.6 Å². The van der Waals surface area contributed by atoms with E-state index in [1.54, 1.807) is 12.1 Å². The maximum atomic E-state index is 11.3. The summed E-state index contributed by atoms with van der Waals surface area (Å²) in [6, 6.07) is 6.69. The van der Waals surface area contributed by atoms with E-state index >= 15 is 0 Å². The fraction of sp³-hybridized carbons (Fsp3) is 0.524. The molecule has 0 aliphatic heterocycles. The smallest absolute Gasteiger partial charge is 0.317 e. The Kier molecular flexibility index (Phi) is 12.4. The number of benzene rings is 1. The second kappa shape index (κ2) is 14.8. The number of hydrogen-bond donors (Lipinski definition) is 5. The molecule has 0 heterocycles. The minimum absolute atomic E-state index is 0.131. The van der Waals surface area contributed by atoms with E-state index in [9.17, 15) is 29.4 Å². The molecule has 0 saturated heterocycles. The highest BCUT2D eigenvalue weighted by Crippen LogP contribution is 2.15. The molecule has 0 amide bonds. The largest absolute Gasteiger partial charge is 0.494 e.